The number of carbonyl (C=O) groups is 2. The van der Waals surface area contributed by atoms with E-state index in [1.807, 2.05) is 0 Å². The molecule has 19 heavy (non-hydrogen) atoms. The lowest BCUT2D eigenvalue weighted by Gasteiger charge is -2.04. The van der Waals surface area contributed by atoms with Crippen molar-refractivity contribution in [2.24, 2.45) is 0 Å². The second-order valence-corrected chi connectivity index (χ2v) is 5.05. The Morgan fingerprint density at radius 3 is 2.79 bits per heavy atom. The molecule has 1 N–H and O–H groups in total. The molecule has 1 aromatic heterocycles. The van der Waals surface area contributed by atoms with Crippen LogP contribution in [0.5, 0.6) is 0 Å². The van der Waals surface area contributed by atoms with Crippen LogP contribution in [-0.2, 0) is 9.59 Å². The van der Waals surface area contributed by atoms with Gasteiger partial charge in [0, 0.05) is 17.5 Å². The fraction of sp³-hybridized carbons (Fsp3) is 0.250. The summed E-state index contributed by atoms with van der Waals surface area (Å²) < 4.78 is 5.39. The molecular weight excluding hydrogens is 290 g/mol. The number of carboxylic acids is 1. The van der Waals surface area contributed by atoms with E-state index in [2.05, 4.69) is 17.6 Å². The van der Waals surface area contributed by atoms with E-state index in [9.17, 15) is 9.59 Å². The first-order chi connectivity index (χ1) is 8.88. The molecule has 2 rings (SSSR count). The Labute approximate surface area is 119 Å². The van der Waals surface area contributed by atoms with Crippen molar-refractivity contribution in [2.45, 2.75) is 19.3 Å². The van der Waals surface area contributed by atoms with Gasteiger partial charge in [-0.25, -0.2) is 4.98 Å². The highest BCUT2D eigenvalue weighted by Crippen LogP contribution is 2.28. The number of aryl methyl sites for hydroxylation is 1. The third-order valence-electron chi connectivity index (χ3n) is 2.64. The second kappa shape index (κ2) is 5.22. The SMILES string of the molecule is Cc1cc(Cl)cc2oc(C(CC(=O)S)C(=O)O)nc12. The van der Waals surface area contributed by atoms with Gasteiger partial charge in [-0.3, -0.25) is 9.59 Å². The van der Waals surface area contributed by atoms with Crippen molar-refractivity contribution >= 4 is 46.4 Å². The van der Waals surface area contributed by atoms with Gasteiger partial charge in [-0.2, -0.15) is 0 Å². The largest absolute Gasteiger partial charge is 0.481 e. The van der Waals surface area contributed by atoms with E-state index < -0.39 is 17.0 Å². The number of oxazole rings is 1. The quantitative estimate of drug-likeness (QED) is 0.849. The predicted molar refractivity (Wildman–Crippen MR) is 72.7 cm³/mol. The molecule has 1 heterocycles. The number of carbonyl (C=O) groups excluding carboxylic acids is 1. The van der Waals surface area contributed by atoms with Gasteiger partial charge in [-0.05, 0) is 18.6 Å². The van der Waals surface area contributed by atoms with Crippen molar-refractivity contribution in [3.8, 4) is 0 Å². The number of rotatable bonds is 4. The number of benzene rings is 1. The number of carboxylic acid groups (broad SMARTS) is 1. The second-order valence-electron chi connectivity index (χ2n) is 4.11. The topological polar surface area (TPSA) is 80.4 Å². The number of aliphatic carboxylic acids is 1. The van der Waals surface area contributed by atoms with Crippen LogP contribution in [0.25, 0.3) is 11.1 Å². The molecule has 0 radical (unpaired) electrons. The molecule has 7 heteroatoms. The maximum absolute atomic E-state index is 11.2. The van der Waals surface area contributed by atoms with Crippen molar-refractivity contribution in [3.05, 3.63) is 28.6 Å². The number of aromatic nitrogens is 1. The fourth-order valence-electron chi connectivity index (χ4n) is 1.78. The number of halogens is 1. The first kappa shape index (κ1) is 13.9. The lowest BCUT2D eigenvalue weighted by Crippen LogP contribution is -2.14. The summed E-state index contributed by atoms with van der Waals surface area (Å²) in [5.74, 6) is -2.34. The van der Waals surface area contributed by atoms with E-state index in [0.717, 1.165) is 5.56 Å². The van der Waals surface area contributed by atoms with Crippen LogP contribution >= 0.6 is 24.2 Å². The van der Waals surface area contributed by atoms with E-state index >= 15 is 0 Å². The summed E-state index contributed by atoms with van der Waals surface area (Å²) in [4.78, 5) is 26.3. The minimum absolute atomic E-state index is 0.0183. The van der Waals surface area contributed by atoms with E-state index in [0.29, 0.717) is 16.1 Å². The molecule has 0 bridgehead atoms. The summed E-state index contributed by atoms with van der Waals surface area (Å²) in [6.45, 7) is 1.79. The maximum atomic E-state index is 11.2. The van der Waals surface area contributed by atoms with Gasteiger partial charge in [0.15, 0.2) is 10.7 Å². The van der Waals surface area contributed by atoms with E-state index in [1.54, 1.807) is 19.1 Å². The van der Waals surface area contributed by atoms with E-state index in [1.165, 1.54) is 0 Å². The van der Waals surface area contributed by atoms with Crippen molar-refractivity contribution < 1.29 is 19.1 Å². The molecule has 0 amide bonds. The predicted octanol–water partition coefficient (Wildman–Crippen LogP) is 2.80. The van der Waals surface area contributed by atoms with Gasteiger partial charge in [-0.15, -0.1) is 12.6 Å². The van der Waals surface area contributed by atoms with Crippen LogP contribution in [-0.4, -0.2) is 21.2 Å². The summed E-state index contributed by atoms with van der Waals surface area (Å²) in [5, 5.41) is 9.05. The smallest absolute Gasteiger partial charge is 0.316 e. The van der Waals surface area contributed by atoms with Crippen molar-refractivity contribution in [3.63, 3.8) is 0 Å². The molecule has 0 aliphatic rings. The standard InChI is InChI=1S/C12H10ClNO4S/c1-5-2-6(13)3-8-10(5)14-11(18-8)7(12(16)17)4-9(15)19/h2-3,7H,4H2,1H3,(H,15,19)(H,16,17). The third-order valence-corrected chi connectivity index (χ3v) is 3.04. The van der Waals surface area contributed by atoms with Crippen LogP contribution in [0.1, 0.15) is 23.8 Å². The fourth-order valence-corrected chi connectivity index (χ4v) is 2.22. The molecule has 1 unspecified atom stereocenters. The average Bonchev–Trinajstić information content (AvgIpc) is 2.68. The Hall–Kier alpha value is -1.53. The Morgan fingerprint density at radius 1 is 1.53 bits per heavy atom. The molecule has 1 atom stereocenters. The Kier molecular flexibility index (Phi) is 3.82. The van der Waals surface area contributed by atoms with Crippen LogP contribution in [0.3, 0.4) is 0 Å². The maximum Gasteiger partial charge on any atom is 0.316 e. The van der Waals surface area contributed by atoms with Gasteiger partial charge in [0.05, 0.1) is 0 Å². The third kappa shape index (κ3) is 2.90. The normalized spacial score (nSPS) is 12.6. The molecule has 0 aliphatic carbocycles. The van der Waals surface area contributed by atoms with E-state index in [4.69, 9.17) is 21.1 Å². The molecule has 1 aromatic carbocycles. The monoisotopic (exact) mass is 299 g/mol. The molecular formula is C12H10ClNO4S. The van der Waals surface area contributed by atoms with Gasteiger partial charge in [0.2, 0.25) is 5.89 Å². The molecule has 0 fully saturated rings. The zero-order valence-electron chi connectivity index (χ0n) is 9.88. The molecule has 0 saturated carbocycles. The number of thiol groups is 1. The first-order valence-corrected chi connectivity index (χ1v) is 6.22. The molecule has 0 aliphatic heterocycles. The summed E-state index contributed by atoms with van der Waals surface area (Å²) in [5.41, 5.74) is 1.72. The minimum atomic E-state index is -1.18. The van der Waals surface area contributed by atoms with Crippen LogP contribution < -0.4 is 0 Å². The van der Waals surface area contributed by atoms with Crippen LogP contribution in [0.4, 0.5) is 0 Å². The number of hydrogen-bond donors (Lipinski definition) is 2. The minimum Gasteiger partial charge on any atom is -0.481 e. The summed E-state index contributed by atoms with van der Waals surface area (Å²) in [7, 11) is 0. The van der Waals surface area contributed by atoms with Gasteiger partial charge >= 0.3 is 5.97 Å². The average molecular weight is 300 g/mol. The number of nitrogens with zero attached hydrogens (tertiary/aromatic N) is 1. The molecule has 0 saturated heterocycles. The zero-order chi connectivity index (χ0) is 14.2. The Morgan fingerprint density at radius 2 is 2.21 bits per heavy atom. The summed E-state index contributed by atoms with van der Waals surface area (Å²) in [6.07, 6.45) is -0.280. The van der Waals surface area contributed by atoms with Crippen LogP contribution in [0, 0.1) is 6.92 Å². The summed E-state index contributed by atoms with van der Waals surface area (Å²) in [6, 6.07) is 3.26. The lowest BCUT2D eigenvalue weighted by atomic mass is 10.1. The van der Waals surface area contributed by atoms with Crippen molar-refractivity contribution in [1.82, 2.24) is 4.98 Å². The highest BCUT2D eigenvalue weighted by Gasteiger charge is 2.27. The molecule has 0 spiro atoms. The molecule has 100 valence electrons. The molecule has 2 aromatic rings. The zero-order valence-corrected chi connectivity index (χ0v) is 11.5. The Balaban J connectivity index is 2.52. The van der Waals surface area contributed by atoms with Crippen LogP contribution in [0.15, 0.2) is 16.5 Å². The number of hydrogen-bond acceptors (Lipinski definition) is 4. The molecule has 5 nitrogen and oxygen atoms in total. The lowest BCUT2D eigenvalue weighted by molar-refractivity contribution is -0.140. The summed E-state index contributed by atoms with van der Waals surface area (Å²) >= 11 is 9.48. The van der Waals surface area contributed by atoms with E-state index in [-0.39, 0.29) is 12.3 Å². The highest BCUT2D eigenvalue weighted by atomic mass is 35.5. The van der Waals surface area contributed by atoms with Crippen LogP contribution in [0.2, 0.25) is 5.02 Å². The van der Waals surface area contributed by atoms with Gasteiger partial charge in [0.1, 0.15) is 11.4 Å². The van der Waals surface area contributed by atoms with Crippen molar-refractivity contribution in [1.29, 1.82) is 0 Å². The van der Waals surface area contributed by atoms with Crippen molar-refractivity contribution in [2.75, 3.05) is 0 Å². The first-order valence-electron chi connectivity index (χ1n) is 5.39. The van der Waals surface area contributed by atoms with Gasteiger partial charge in [0.25, 0.3) is 0 Å². The highest BCUT2D eigenvalue weighted by molar-refractivity contribution is 7.96. The van der Waals surface area contributed by atoms with Gasteiger partial charge in [-0.1, -0.05) is 11.6 Å². The Bertz CT molecular complexity index is 667. The van der Waals surface area contributed by atoms with Gasteiger partial charge < -0.3 is 9.52 Å². The number of fused-ring (bicyclic) bond motifs is 1.